The zero-order chi connectivity index (χ0) is 15.6. The normalized spacial score (nSPS) is 11.1. The summed E-state index contributed by atoms with van der Waals surface area (Å²) in [7, 11) is -4.11. The van der Waals surface area contributed by atoms with Crippen LogP contribution in [0.3, 0.4) is 0 Å². The van der Waals surface area contributed by atoms with E-state index in [0.29, 0.717) is 11.1 Å². The molecule has 0 bridgehead atoms. The second-order valence-electron chi connectivity index (χ2n) is 4.51. The molecule has 110 valence electrons. The van der Waals surface area contributed by atoms with Crippen molar-refractivity contribution in [2.45, 2.75) is 18.7 Å². The van der Waals surface area contributed by atoms with Gasteiger partial charge in [-0.05, 0) is 31.5 Å². The van der Waals surface area contributed by atoms with E-state index in [-0.39, 0.29) is 16.3 Å². The summed E-state index contributed by atoms with van der Waals surface area (Å²) in [4.78, 5) is 10.0. The van der Waals surface area contributed by atoms with E-state index in [1.807, 2.05) is 0 Å². The van der Waals surface area contributed by atoms with Gasteiger partial charge in [0, 0.05) is 11.6 Å². The number of nitro benzene ring substituents is 1. The molecule has 2 aromatic rings. The Kier molecular flexibility index (Phi) is 3.95. The number of nitrogens with zero attached hydrogens (tertiary/aromatic N) is 1. The summed E-state index contributed by atoms with van der Waals surface area (Å²) in [5, 5.41) is 10.9. The molecule has 0 amide bonds. The van der Waals surface area contributed by atoms with E-state index in [9.17, 15) is 18.5 Å². The molecule has 6 nitrogen and oxygen atoms in total. The van der Waals surface area contributed by atoms with Crippen LogP contribution in [0.25, 0.3) is 0 Å². The first kappa shape index (κ1) is 15.0. The standard InChI is InChI=1S/C14H13NO5S/c1-10-7-8-12(9-13(10)15(16)17)21(18,19)20-14-6-4-3-5-11(14)2/h3-9H,1-2H3. The van der Waals surface area contributed by atoms with Gasteiger partial charge in [-0.1, -0.05) is 24.3 Å². The van der Waals surface area contributed by atoms with Crippen molar-refractivity contribution in [3.8, 4) is 5.75 Å². The Balaban J connectivity index is 2.43. The fourth-order valence-corrected chi connectivity index (χ4v) is 2.77. The molecule has 0 aliphatic heterocycles. The van der Waals surface area contributed by atoms with Crippen LogP contribution in [-0.4, -0.2) is 13.3 Å². The lowest BCUT2D eigenvalue weighted by atomic mass is 10.2. The van der Waals surface area contributed by atoms with Crippen molar-refractivity contribution in [2.24, 2.45) is 0 Å². The SMILES string of the molecule is Cc1ccccc1OS(=O)(=O)c1ccc(C)c([N+](=O)[O-])c1. The molecule has 21 heavy (non-hydrogen) atoms. The van der Waals surface area contributed by atoms with Crippen molar-refractivity contribution in [3.63, 3.8) is 0 Å². The summed E-state index contributed by atoms with van der Waals surface area (Å²) in [5.41, 5.74) is 0.780. The van der Waals surface area contributed by atoms with Crippen LogP contribution in [0.5, 0.6) is 5.75 Å². The Hall–Kier alpha value is -2.41. The van der Waals surface area contributed by atoms with Gasteiger partial charge >= 0.3 is 10.1 Å². The first-order valence-corrected chi connectivity index (χ1v) is 7.47. The summed E-state index contributed by atoms with van der Waals surface area (Å²) in [6.07, 6.45) is 0. The third kappa shape index (κ3) is 3.19. The van der Waals surface area contributed by atoms with Gasteiger partial charge in [-0.3, -0.25) is 10.1 Å². The van der Waals surface area contributed by atoms with E-state index in [4.69, 9.17) is 4.18 Å². The third-order valence-corrected chi connectivity index (χ3v) is 4.19. The maximum absolute atomic E-state index is 12.2. The molecule has 0 N–H and O–H groups in total. The zero-order valence-electron chi connectivity index (χ0n) is 11.4. The van der Waals surface area contributed by atoms with Gasteiger partial charge in [0.2, 0.25) is 0 Å². The smallest absolute Gasteiger partial charge is 0.339 e. The number of rotatable bonds is 4. The lowest BCUT2D eigenvalue weighted by Crippen LogP contribution is -2.11. The minimum absolute atomic E-state index is 0.195. The van der Waals surface area contributed by atoms with Crippen molar-refractivity contribution in [2.75, 3.05) is 0 Å². The number of hydrogen-bond donors (Lipinski definition) is 0. The van der Waals surface area contributed by atoms with Crippen LogP contribution >= 0.6 is 0 Å². The van der Waals surface area contributed by atoms with Gasteiger partial charge in [-0.25, -0.2) is 0 Å². The Morgan fingerprint density at radius 1 is 1.05 bits per heavy atom. The number of para-hydroxylation sites is 1. The quantitative estimate of drug-likeness (QED) is 0.492. The van der Waals surface area contributed by atoms with Crippen molar-refractivity contribution in [1.29, 1.82) is 0 Å². The monoisotopic (exact) mass is 307 g/mol. The molecule has 0 saturated heterocycles. The molecule has 0 saturated carbocycles. The third-order valence-electron chi connectivity index (χ3n) is 2.96. The molecular formula is C14H13NO5S. The molecular weight excluding hydrogens is 294 g/mol. The number of benzene rings is 2. The average Bonchev–Trinajstić information content (AvgIpc) is 2.41. The van der Waals surface area contributed by atoms with E-state index in [1.54, 1.807) is 25.1 Å². The lowest BCUT2D eigenvalue weighted by molar-refractivity contribution is -0.385. The summed E-state index contributed by atoms with van der Waals surface area (Å²) in [6.45, 7) is 3.25. The number of aryl methyl sites for hydroxylation is 2. The maximum Gasteiger partial charge on any atom is 0.339 e. The van der Waals surface area contributed by atoms with Gasteiger partial charge in [0.1, 0.15) is 10.6 Å². The summed E-state index contributed by atoms with van der Waals surface area (Å²) in [5.74, 6) is 0.195. The summed E-state index contributed by atoms with van der Waals surface area (Å²) >= 11 is 0. The number of nitro groups is 1. The molecule has 0 aliphatic rings. The highest BCUT2D eigenvalue weighted by molar-refractivity contribution is 7.87. The first-order chi connectivity index (χ1) is 9.81. The summed E-state index contributed by atoms with van der Waals surface area (Å²) in [6, 6.07) is 10.3. The van der Waals surface area contributed by atoms with Crippen molar-refractivity contribution in [3.05, 3.63) is 63.7 Å². The van der Waals surface area contributed by atoms with E-state index in [1.165, 1.54) is 25.1 Å². The zero-order valence-corrected chi connectivity index (χ0v) is 12.3. The second-order valence-corrected chi connectivity index (χ2v) is 6.05. The van der Waals surface area contributed by atoms with Gasteiger partial charge < -0.3 is 4.18 Å². The minimum atomic E-state index is -4.11. The lowest BCUT2D eigenvalue weighted by Gasteiger charge is -2.09. The van der Waals surface area contributed by atoms with Gasteiger partial charge in [0.25, 0.3) is 5.69 Å². The van der Waals surface area contributed by atoms with Gasteiger partial charge in [0.05, 0.1) is 4.92 Å². The van der Waals surface area contributed by atoms with Crippen LogP contribution in [0.4, 0.5) is 5.69 Å². The number of hydrogen-bond acceptors (Lipinski definition) is 5. The van der Waals surface area contributed by atoms with Crippen molar-refractivity contribution in [1.82, 2.24) is 0 Å². The topological polar surface area (TPSA) is 86.5 Å². The Morgan fingerprint density at radius 3 is 2.33 bits per heavy atom. The van der Waals surface area contributed by atoms with E-state index in [0.717, 1.165) is 6.07 Å². The molecule has 0 spiro atoms. The Labute approximate surface area is 122 Å². The Morgan fingerprint density at radius 2 is 1.71 bits per heavy atom. The van der Waals surface area contributed by atoms with Gasteiger partial charge in [0.15, 0.2) is 0 Å². The van der Waals surface area contributed by atoms with Crippen molar-refractivity contribution < 1.29 is 17.5 Å². The first-order valence-electron chi connectivity index (χ1n) is 6.06. The fraction of sp³-hybridized carbons (Fsp3) is 0.143. The predicted octanol–water partition coefficient (Wildman–Crippen LogP) is 2.98. The van der Waals surface area contributed by atoms with Crippen LogP contribution in [0.1, 0.15) is 11.1 Å². The molecule has 2 aromatic carbocycles. The molecule has 7 heteroatoms. The molecule has 0 aliphatic carbocycles. The molecule has 0 fully saturated rings. The molecule has 0 heterocycles. The maximum atomic E-state index is 12.2. The van der Waals surface area contributed by atoms with Crippen LogP contribution in [0.15, 0.2) is 47.4 Å². The Bertz CT molecular complexity index is 799. The van der Waals surface area contributed by atoms with Gasteiger partial charge in [-0.2, -0.15) is 8.42 Å². The highest BCUT2D eigenvalue weighted by Gasteiger charge is 2.22. The van der Waals surface area contributed by atoms with E-state index in [2.05, 4.69) is 0 Å². The van der Waals surface area contributed by atoms with E-state index >= 15 is 0 Å². The van der Waals surface area contributed by atoms with Gasteiger partial charge in [-0.15, -0.1) is 0 Å². The molecule has 0 radical (unpaired) electrons. The average molecular weight is 307 g/mol. The highest BCUT2D eigenvalue weighted by atomic mass is 32.2. The van der Waals surface area contributed by atoms with Crippen molar-refractivity contribution >= 4 is 15.8 Å². The summed E-state index contributed by atoms with van der Waals surface area (Å²) < 4.78 is 29.4. The molecule has 0 atom stereocenters. The molecule has 2 rings (SSSR count). The second kappa shape index (κ2) is 5.53. The van der Waals surface area contributed by atoms with Crippen LogP contribution in [0, 0.1) is 24.0 Å². The van der Waals surface area contributed by atoms with E-state index < -0.39 is 15.0 Å². The molecule has 0 unspecified atom stereocenters. The predicted molar refractivity (Wildman–Crippen MR) is 76.8 cm³/mol. The minimum Gasteiger partial charge on any atom is -0.379 e. The fourth-order valence-electron chi connectivity index (χ4n) is 1.76. The molecule has 0 aromatic heterocycles. The van der Waals surface area contributed by atoms with Crippen LogP contribution in [0.2, 0.25) is 0 Å². The highest BCUT2D eigenvalue weighted by Crippen LogP contribution is 2.26. The van der Waals surface area contributed by atoms with Crippen LogP contribution in [-0.2, 0) is 10.1 Å². The van der Waals surface area contributed by atoms with Crippen LogP contribution < -0.4 is 4.18 Å². The largest absolute Gasteiger partial charge is 0.379 e.